The first-order valence-corrected chi connectivity index (χ1v) is 8.29. The van der Waals surface area contributed by atoms with Crippen LogP contribution in [0.5, 0.6) is 0 Å². The molecule has 0 heterocycles. The molecule has 0 radical (unpaired) electrons. The van der Waals surface area contributed by atoms with Crippen molar-refractivity contribution in [2.45, 2.75) is 58.5 Å². The summed E-state index contributed by atoms with van der Waals surface area (Å²) >= 11 is 0. The van der Waals surface area contributed by atoms with Gasteiger partial charge in [0.05, 0.1) is 12.0 Å². The molecule has 2 nitrogen and oxygen atoms in total. The summed E-state index contributed by atoms with van der Waals surface area (Å²) in [7, 11) is 2.18. The van der Waals surface area contributed by atoms with Crippen LogP contribution in [-0.2, 0) is 6.54 Å². The summed E-state index contributed by atoms with van der Waals surface area (Å²) in [5, 5.41) is 9.45. The Hall–Kier alpha value is -1.33. The monoisotopic (exact) mass is 284 g/mol. The Morgan fingerprint density at radius 1 is 1.24 bits per heavy atom. The SMILES string of the molecule is CCCC1CCC(C#N)C(N(C)Cc2ccc(C)cc2)C1. The highest BCUT2D eigenvalue weighted by atomic mass is 15.1. The van der Waals surface area contributed by atoms with Crippen molar-refractivity contribution in [1.29, 1.82) is 5.26 Å². The van der Waals surface area contributed by atoms with E-state index in [1.54, 1.807) is 0 Å². The van der Waals surface area contributed by atoms with Crippen LogP contribution in [-0.4, -0.2) is 18.0 Å². The number of nitrogens with zero attached hydrogens (tertiary/aromatic N) is 2. The second-order valence-electron chi connectivity index (χ2n) is 6.67. The van der Waals surface area contributed by atoms with Crippen LogP contribution in [0.4, 0.5) is 0 Å². The zero-order chi connectivity index (χ0) is 15.2. The molecule has 2 rings (SSSR count). The number of benzene rings is 1. The fourth-order valence-electron chi connectivity index (χ4n) is 3.64. The largest absolute Gasteiger partial charge is 0.298 e. The van der Waals surface area contributed by atoms with E-state index in [0.717, 1.165) is 18.9 Å². The lowest BCUT2D eigenvalue weighted by molar-refractivity contribution is 0.116. The summed E-state index contributed by atoms with van der Waals surface area (Å²) in [6.45, 7) is 5.33. The van der Waals surface area contributed by atoms with Gasteiger partial charge in [-0.3, -0.25) is 4.90 Å². The number of hydrogen-bond acceptors (Lipinski definition) is 2. The zero-order valence-corrected chi connectivity index (χ0v) is 13.7. The lowest BCUT2D eigenvalue weighted by atomic mass is 9.76. The molecule has 1 aromatic rings. The van der Waals surface area contributed by atoms with E-state index >= 15 is 0 Å². The van der Waals surface area contributed by atoms with Crippen LogP contribution >= 0.6 is 0 Å². The van der Waals surface area contributed by atoms with Gasteiger partial charge in [-0.05, 0) is 44.7 Å². The highest BCUT2D eigenvalue weighted by Crippen LogP contribution is 2.34. The summed E-state index contributed by atoms with van der Waals surface area (Å²) in [5.74, 6) is 1.01. The molecule has 1 fully saturated rings. The Kier molecular flexibility index (Phi) is 5.82. The third-order valence-corrected chi connectivity index (χ3v) is 4.91. The van der Waals surface area contributed by atoms with E-state index in [0.29, 0.717) is 6.04 Å². The molecular formula is C19H28N2. The average molecular weight is 284 g/mol. The van der Waals surface area contributed by atoms with E-state index in [2.05, 4.69) is 56.1 Å². The lowest BCUT2D eigenvalue weighted by Crippen LogP contribution is -2.41. The van der Waals surface area contributed by atoms with Gasteiger partial charge in [-0.15, -0.1) is 0 Å². The summed E-state index contributed by atoms with van der Waals surface area (Å²) in [4.78, 5) is 2.40. The third kappa shape index (κ3) is 4.32. The summed E-state index contributed by atoms with van der Waals surface area (Å²) in [5.41, 5.74) is 2.65. The molecule has 3 unspecified atom stereocenters. The molecule has 1 aliphatic rings. The van der Waals surface area contributed by atoms with Gasteiger partial charge in [0.1, 0.15) is 0 Å². The van der Waals surface area contributed by atoms with Gasteiger partial charge >= 0.3 is 0 Å². The number of nitriles is 1. The molecule has 3 atom stereocenters. The van der Waals surface area contributed by atoms with Crippen LogP contribution in [0, 0.1) is 30.1 Å². The van der Waals surface area contributed by atoms with Crippen LogP contribution in [0.1, 0.15) is 50.2 Å². The van der Waals surface area contributed by atoms with Gasteiger partial charge in [-0.1, -0.05) is 49.6 Å². The third-order valence-electron chi connectivity index (χ3n) is 4.91. The van der Waals surface area contributed by atoms with Crippen LogP contribution in [0.2, 0.25) is 0 Å². The van der Waals surface area contributed by atoms with Gasteiger partial charge in [0, 0.05) is 12.6 Å². The maximum Gasteiger partial charge on any atom is 0.0672 e. The standard InChI is InChI=1S/C19H28N2/c1-4-5-16-10-11-18(13-20)19(12-16)21(3)14-17-8-6-15(2)7-9-17/h6-9,16,18-19H,4-5,10-12,14H2,1-3H3. The predicted octanol–water partition coefficient (Wildman–Crippen LogP) is 4.54. The maximum absolute atomic E-state index is 9.45. The van der Waals surface area contributed by atoms with Crippen LogP contribution in [0.3, 0.4) is 0 Å². The minimum Gasteiger partial charge on any atom is -0.298 e. The van der Waals surface area contributed by atoms with Gasteiger partial charge in [-0.25, -0.2) is 0 Å². The second-order valence-corrected chi connectivity index (χ2v) is 6.67. The van der Waals surface area contributed by atoms with E-state index in [1.807, 2.05) is 0 Å². The molecule has 0 aromatic heterocycles. The summed E-state index contributed by atoms with van der Waals surface area (Å²) < 4.78 is 0. The van der Waals surface area contributed by atoms with Crippen molar-refractivity contribution >= 4 is 0 Å². The van der Waals surface area contributed by atoms with E-state index in [-0.39, 0.29) is 5.92 Å². The molecule has 114 valence electrons. The van der Waals surface area contributed by atoms with Crippen LogP contribution in [0.15, 0.2) is 24.3 Å². The molecule has 1 saturated carbocycles. The Morgan fingerprint density at radius 2 is 1.95 bits per heavy atom. The van der Waals surface area contributed by atoms with Crippen molar-refractivity contribution < 1.29 is 0 Å². The van der Waals surface area contributed by atoms with Crippen molar-refractivity contribution in [2.75, 3.05) is 7.05 Å². The fraction of sp³-hybridized carbons (Fsp3) is 0.632. The molecule has 21 heavy (non-hydrogen) atoms. The molecule has 0 saturated heterocycles. The van der Waals surface area contributed by atoms with Crippen LogP contribution in [0.25, 0.3) is 0 Å². The topological polar surface area (TPSA) is 27.0 Å². The Bertz CT molecular complexity index is 471. The summed E-state index contributed by atoms with van der Waals surface area (Å²) in [6.07, 6.45) is 6.07. The molecule has 2 heteroatoms. The van der Waals surface area contributed by atoms with Gasteiger partial charge < -0.3 is 0 Å². The van der Waals surface area contributed by atoms with Crippen molar-refractivity contribution in [3.8, 4) is 6.07 Å². The quantitative estimate of drug-likeness (QED) is 0.794. The van der Waals surface area contributed by atoms with Crippen molar-refractivity contribution in [3.05, 3.63) is 35.4 Å². The van der Waals surface area contributed by atoms with Crippen molar-refractivity contribution in [2.24, 2.45) is 11.8 Å². The Labute approximate surface area is 129 Å². The molecule has 1 aliphatic carbocycles. The van der Waals surface area contributed by atoms with Gasteiger partial charge in [-0.2, -0.15) is 5.26 Å². The maximum atomic E-state index is 9.45. The first-order valence-electron chi connectivity index (χ1n) is 8.29. The number of aryl methyl sites for hydroxylation is 1. The number of hydrogen-bond donors (Lipinski definition) is 0. The smallest absolute Gasteiger partial charge is 0.0672 e. The molecule has 1 aromatic carbocycles. The first kappa shape index (κ1) is 16.0. The highest BCUT2D eigenvalue weighted by Gasteiger charge is 2.32. The molecule has 0 spiro atoms. The van der Waals surface area contributed by atoms with Gasteiger partial charge in [0.15, 0.2) is 0 Å². The molecule has 0 bridgehead atoms. The second kappa shape index (κ2) is 7.61. The Morgan fingerprint density at radius 3 is 2.57 bits per heavy atom. The predicted molar refractivity (Wildman–Crippen MR) is 87.8 cm³/mol. The Balaban J connectivity index is 2.01. The molecular weight excluding hydrogens is 256 g/mol. The van der Waals surface area contributed by atoms with Crippen molar-refractivity contribution in [1.82, 2.24) is 4.90 Å². The summed E-state index contributed by atoms with van der Waals surface area (Å²) in [6, 6.07) is 11.7. The van der Waals surface area contributed by atoms with E-state index in [9.17, 15) is 5.26 Å². The van der Waals surface area contributed by atoms with E-state index in [1.165, 1.54) is 36.8 Å². The van der Waals surface area contributed by atoms with Gasteiger partial charge in [0.2, 0.25) is 0 Å². The van der Waals surface area contributed by atoms with Crippen LogP contribution < -0.4 is 0 Å². The normalized spacial score (nSPS) is 25.8. The van der Waals surface area contributed by atoms with Crippen molar-refractivity contribution in [3.63, 3.8) is 0 Å². The van der Waals surface area contributed by atoms with E-state index < -0.39 is 0 Å². The molecule has 0 aliphatic heterocycles. The number of rotatable bonds is 5. The first-order chi connectivity index (χ1) is 10.1. The average Bonchev–Trinajstić information content (AvgIpc) is 2.50. The zero-order valence-electron chi connectivity index (χ0n) is 13.7. The lowest BCUT2D eigenvalue weighted by Gasteiger charge is -2.38. The minimum absolute atomic E-state index is 0.202. The molecule has 0 N–H and O–H groups in total. The fourth-order valence-corrected chi connectivity index (χ4v) is 3.64. The van der Waals surface area contributed by atoms with Gasteiger partial charge in [0.25, 0.3) is 0 Å². The van der Waals surface area contributed by atoms with E-state index in [4.69, 9.17) is 0 Å². The minimum atomic E-state index is 0.202. The molecule has 0 amide bonds. The highest BCUT2D eigenvalue weighted by molar-refractivity contribution is 5.21.